The van der Waals surface area contributed by atoms with E-state index in [1.165, 1.54) is 11.8 Å². The van der Waals surface area contributed by atoms with Crippen LogP contribution < -0.4 is 9.64 Å². The van der Waals surface area contributed by atoms with Crippen LogP contribution in [0.15, 0.2) is 83.8 Å². The van der Waals surface area contributed by atoms with Crippen LogP contribution in [0.3, 0.4) is 0 Å². The second kappa shape index (κ2) is 8.64. The van der Waals surface area contributed by atoms with Gasteiger partial charge in [-0.1, -0.05) is 90.7 Å². The Morgan fingerprint density at radius 3 is 2.45 bits per heavy atom. The van der Waals surface area contributed by atoms with Crippen molar-refractivity contribution in [3.05, 3.63) is 100 Å². The van der Waals surface area contributed by atoms with Crippen molar-refractivity contribution in [3.8, 4) is 5.75 Å². The fraction of sp³-hybridized carbons (Fsp3) is 0.0833. The minimum absolute atomic E-state index is 0.104. The number of thiocarbonyl (C=S) groups is 1. The van der Waals surface area contributed by atoms with E-state index in [0.29, 0.717) is 15.8 Å². The lowest BCUT2D eigenvalue weighted by Gasteiger charge is -2.16. The van der Waals surface area contributed by atoms with Crippen LogP contribution in [-0.4, -0.2) is 10.2 Å². The summed E-state index contributed by atoms with van der Waals surface area (Å²) >= 11 is 6.81. The van der Waals surface area contributed by atoms with E-state index >= 15 is 0 Å². The quantitative estimate of drug-likeness (QED) is 0.377. The third-order valence-electron chi connectivity index (χ3n) is 4.59. The van der Waals surface area contributed by atoms with E-state index in [1.807, 2.05) is 91.9 Å². The maximum atomic E-state index is 13.1. The van der Waals surface area contributed by atoms with Gasteiger partial charge in [0.05, 0.1) is 10.6 Å². The molecule has 5 heteroatoms. The van der Waals surface area contributed by atoms with Crippen molar-refractivity contribution < 1.29 is 9.53 Å². The van der Waals surface area contributed by atoms with E-state index in [0.717, 1.165) is 28.1 Å². The number of rotatable bonds is 5. The first-order valence-corrected chi connectivity index (χ1v) is 10.5. The molecule has 1 aliphatic heterocycles. The van der Waals surface area contributed by atoms with Crippen LogP contribution in [0.5, 0.6) is 5.75 Å². The largest absolute Gasteiger partial charge is 0.488 e. The number of anilines is 1. The van der Waals surface area contributed by atoms with Gasteiger partial charge in [0.25, 0.3) is 5.91 Å². The number of carbonyl (C=O) groups is 1. The van der Waals surface area contributed by atoms with Crippen molar-refractivity contribution in [2.45, 2.75) is 13.5 Å². The van der Waals surface area contributed by atoms with E-state index in [-0.39, 0.29) is 5.91 Å². The zero-order valence-corrected chi connectivity index (χ0v) is 17.5. The molecule has 0 saturated carbocycles. The number of thioether (sulfide) groups is 1. The summed E-state index contributed by atoms with van der Waals surface area (Å²) in [5.74, 6) is 0.629. The van der Waals surface area contributed by atoms with Crippen LogP contribution in [0.1, 0.15) is 16.7 Å². The van der Waals surface area contributed by atoms with E-state index in [9.17, 15) is 4.79 Å². The van der Waals surface area contributed by atoms with Gasteiger partial charge in [-0.05, 0) is 36.3 Å². The molecule has 0 aliphatic carbocycles. The summed E-state index contributed by atoms with van der Waals surface area (Å²) in [6.45, 7) is 2.44. The summed E-state index contributed by atoms with van der Waals surface area (Å²) in [5, 5.41) is 0. The molecule has 0 spiro atoms. The standard InChI is InChI=1S/C24H19NO2S2/c1-17-9-5-7-13-20(17)25-23(26)22(29-24(25)28)15-19-12-6-8-14-21(19)27-16-18-10-3-2-4-11-18/h2-15H,16H2,1H3/b22-15-. The van der Waals surface area contributed by atoms with Gasteiger partial charge in [0.2, 0.25) is 0 Å². The van der Waals surface area contributed by atoms with Crippen LogP contribution in [0.4, 0.5) is 5.69 Å². The molecule has 1 heterocycles. The maximum Gasteiger partial charge on any atom is 0.270 e. The first-order valence-electron chi connectivity index (χ1n) is 9.23. The Morgan fingerprint density at radius 2 is 1.66 bits per heavy atom. The topological polar surface area (TPSA) is 29.5 Å². The molecule has 29 heavy (non-hydrogen) atoms. The molecule has 0 unspecified atom stereocenters. The van der Waals surface area contributed by atoms with E-state index < -0.39 is 0 Å². The zero-order chi connectivity index (χ0) is 20.2. The molecule has 1 fully saturated rings. The summed E-state index contributed by atoms with van der Waals surface area (Å²) in [5.41, 5.74) is 3.78. The van der Waals surface area contributed by atoms with E-state index in [2.05, 4.69) is 0 Å². The van der Waals surface area contributed by atoms with Gasteiger partial charge in [-0.15, -0.1) is 0 Å². The van der Waals surface area contributed by atoms with Gasteiger partial charge >= 0.3 is 0 Å². The molecular formula is C24H19NO2S2. The lowest BCUT2D eigenvalue weighted by Crippen LogP contribution is -2.28. The first-order chi connectivity index (χ1) is 14.1. The summed E-state index contributed by atoms with van der Waals surface area (Å²) in [7, 11) is 0. The fourth-order valence-corrected chi connectivity index (χ4v) is 4.37. The van der Waals surface area contributed by atoms with Crippen molar-refractivity contribution in [2.75, 3.05) is 4.90 Å². The summed E-state index contributed by atoms with van der Waals surface area (Å²) in [6.07, 6.45) is 1.86. The van der Waals surface area contributed by atoms with Gasteiger partial charge in [0, 0.05) is 5.56 Å². The number of carbonyl (C=O) groups excluding carboxylic acids is 1. The van der Waals surface area contributed by atoms with Gasteiger partial charge < -0.3 is 4.74 Å². The normalized spacial score (nSPS) is 15.2. The third kappa shape index (κ3) is 4.26. The maximum absolute atomic E-state index is 13.1. The van der Waals surface area contributed by atoms with E-state index in [4.69, 9.17) is 17.0 Å². The summed E-state index contributed by atoms with van der Waals surface area (Å²) < 4.78 is 6.55. The molecule has 1 amide bonds. The average Bonchev–Trinajstić information content (AvgIpc) is 3.01. The Morgan fingerprint density at radius 1 is 0.966 bits per heavy atom. The number of benzene rings is 3. The molecule has 0 atom stereocenters. The molecule has 0 bridgehead atoms. The number of ether oxygens (including phenoxy) is 1. The van der Waals surface area contributed by atoms with Crippen molar-refractivity contribution in [1.82, 2.24) is 0 Å². The minimum Gasteiger partial charge on any atom is -0.488 e. The molecule has 0 N–H and O–H groups in total. The second-order valence-electron chi connectivity index (χ2n) is 6.62. The number of hydrogen-bond acceptors (Lipinski definition) is 4. The molecule has 4 rings (SSSR count). The van der Waals surface area contributed by atoms with Gasteiger partial charge in [0.15, 0.2) is 4.32 Å². The Kier molecular flexibility index (Phi) is 5.79. The number of nitrogens with zero attached hydrogens (tertiary/aromatic N) is 1. The Labute approximate surface area is 180 Å². The Bertz CT molecular complexity index is 1090. The molecule has 3 aromatic rings. The monoisotopic (exact) mass is 417 g/mol. The van der Waals surface area contributed by atoms with Crippen molar-refractivity contribution in [3.63, 3.8) is 0 Å². The lowest BCUT2D eigenvalue weighted by atomic mass is 10.1. The molecule has 144 valence electrons. The summed E-state index contributed by atoms with van der Waals surface area (Å²) in [4.78, 5) is 15.3. The van der Waals surface area contributed by atoms with Crippen LogP contribution in [0.2, 0.25) is 0 Å². The van der Waals surface area contributed by atoms with Gasteiger partial charge in [-0.3, -0.25) is 9.69 Å². The zero-order valence-electron chi connectivity index (χ0n) is 15.9. The van der Waals surface area contributed by atoms with Gasteiger partial charge in [0.1, 0.15) is 12.4 Å². The highest BCUT2D eigenvalue weighted by Crippen LogP contribution is 2.38. The highest BCUT2D eigenvalue weighted by molar-refractivity contribution is 8.27. The summed E-state index contributed by atoms with van der Waals surface area (Å²) in [6, 6.07) is 25.5. The Hall–Kier alpha value is -2.89. The van der Waals surface area contributed by atoms with Crippen LogP contribution in [0, 0.1) is 6.92 Å². The highest BCUT2D eigenvalue weighted by Gasteiger charge is 2.34. The van der Waals surface area contributed by atoms with Crippen LogP contribution >= 0.6 is 24.0 Å². The fourth-order valence-electron chi connectivity index (χ4n) is 3.10. The SMILES string of the molecule is Cc1ccccc1N1C(=O)/C(=C/c2ccccc2OCc2ccccc2)SC1=S. The average molecular weight is 418 g/mol. The molecule has 3 nitrogen and oxygen atoms in total. The molecule has 0 radical (unpaired) electrons. The number of amides is 1. The lowest BCUT2D eigenvalue weighted by molar-refractivity contribution is -0.113. The third-order valence-corrected chi connectivity index (χ3v) is 5.89. The highest BCUT2D eigenvalue weighted by atomic mass is 32.2. The molecule has 1 saturated heterocycles. The van der Waals surface area contributed by atoms with Crippen LogP contribution in [0.25, 0.3) is 6.08 Å². The molecule has 1 aliphatic rings. The van der Waals surface area contributed by atoms with Gasteiger partial charge in [-0.25, -0.2) is 0 Å². The predicted octanol–water partition coefficient (Wildman–Crippen LogP) is 5.98. The number of hydrogen-bond donors (Lipinski definition) is 0. The number of para-hydroxylation sites is 2. The first kappa shape index (κ1) is 19.4. The van der Waals surface area contributed by atoms with Crippen molar-refractivity contribution in [2.24, 2.45) is 0 Å². The van der Waals surface area contributed by atoms with E-state index in [1.54, 1.807) is 4.90 Å². The van der Waals surface area contributed by atoms with Gasteiger partial charge in [-0.2, -0.15) is 0 Å². The smallest absolute Gasteiger partial charge is 0.270 e. The minimum atomic E-state index is -0.104. The molecule has 0 aromatic heterocycles. The van der Waals surface area contributed by atoms with Crippen LogP contribution in [-0.2, 0) is 11.4 Å². The molecule has 3 aromatic carbocycles. The van der Waals surface area contributed by atoms with Crippen molar-refractivity contribution in [1.29, 1.82) is 0 Å². The second-order valence-corrected chi connectivity index (χ2v) is 8.29. The van der Waals surface area contributed by atoms with Crippen molar-refractivity contribution >= 4 is 46.0 Å². The predicted molar refractivity (Wildman–Crippen MR) is 124 cm³/mol. The molecular weight excluding hydrogens is 398 g/mol. The Balaban J connectivity index is 1.59. The number of aryl methyl sites for hydroxylation is 1.